The molecular formula is C86H158NO8P. The molecule has 2 atom stereocenters. The maximum atomic E-state index is 12.9. The molecule has 0 spiro atoms. The van der Waals surface area contributed by atoms with Crippen LogP contribution in [0, 0.1) is 0 Å². The molecular weight excluding hydrogens is 1210 g/mol. The molecule has 0 aromatic carbocycles. The predicted molar refractivity (Wildman–Crippen MR) is 416 cm³/mol. The molecule has 0 aliphatic carbocycles. The van der Waals surface area contributed by atoms with Gasteiger partial charge in [0.25, 0.3) is 7.82 Å². The summed E-state index contributed by atoms with van der Waals surface area (Å²) in [6, 6.07) is 0. The average molecular weight is 1370 g/mol. The van der Waals surface area contributed by atoms with Crippen LogP contribution in [0.25, 0.3) is 0 Å². The van der Waals surface area contributed by atoms with Gasteiger partial charge in [0.15, 0.2) is 6.10 Å². The quantitative estimate of drug-likeness (QED) is 0.0195. The smallest absolute Gasteiger partial charge is 0.306 e. The van der Waals surface area contributed by atoms with Crippen LogP contribution < -0.4 is 4.89 Å². The van der Waals surface area contributed by atoms with Gasteiger partial charge in [0.2, 0.25) is 0 Å². The third kappa shape index (κ3) is 80.2. The van der Waals surface area contributed by atoms with Crippen molar-refractivity contribution in [3.63, 3.8) is 0 Å². The van der Waals surface area contributed by atoms with Crippen LogP contribution in [0.4, 0.5) is 0 Å². The van der Waals surface area contributed by atoms with Crippen LogP contribution in [0.15, 0.2) is 85.1 Å². The molecule has 0 aliphatic rings. The molecule has 0 radical (unpaired) electrons. The number of allylic oxidation sites excluding steroid dienone is 14. The lowest BCUT2D eigenvalue weighted by molar-refractivity contribution is -0.870. The highest BCUT2D eigenvalue weighted by atomic mass is 31.2. The molecule has 0 aromatic heterocycles. The molecule has 96 heavy (non-hydrogen) atoms. The fraction of sp³-hybridized carbons (Fsp3) is 0.814. The topological polar surface area (TPSA) is 111 Å². The number of phosphoric ester groups is 1. The standard InChI is InChI=1S/C86H158NO8P/c1-6-8-10-12-14-16-18-20-22-24-26-28-30-32-34-36-38-39-40-41-42-43-44-45-46-47-49-51-53-55-57-59-61-63-65-67-69-71-73-75-77-79-86(89)95-84(83-94-96(90,91)93-81-80-87(3,4)5)82-92-85(88)78-76-74-72-70-68-66-64-62-60-58-56-54-52-50-48-37-35-33-31-29-27-25-23-21-19-17-15-13-11-9-7-2/h8,10,14,16,20,22,25-28,32,34,38-39,84H,6-7,9,11-13,15,17-19,21,23-24,29-31,33,35-37,40-83H2,1-5H3/b10-8-,16-14-,22-20-,27-25-,28-26-,34-32-,39-38-. The molecule has 2 unspecified atom stereocenters. The Morgan fingerprint density at radius 1 is 0.333 bits per heavy atom. The van der Waals surface area contributed by atoms with E-state index in [1.54, 1.807) is 0 Å². The molecule has 0 rings (SSSR count). The van der Waals surface area contributed by atoms with Gasteiger partial charge in [0, 0.05) is 12.8 Å². The third-order valence-electron chi connectivity index (χ3n) is 18.4. The normalized spacial score (nSPS) is 13.4. The van der Waals surface area contributed by atoms with Gasteiger partial charge in [-0.05, 0) is 89.9 Å². The molecule has 0 fully saturated rings. The maximum Gasteiger partial charge on any atom is 0.306 e. The van der Waals surface area contributed by atoms with Gasteiger partial charge >= 0.3 is 11.9 Å². The number of quaternary nitrogens is 1. The van der Waals surface area contributed by atoms with E-state index in [4.69, 9.17) is 18.5 Å². The molecule has 0 bridgehead atoms. The zero-order valence-electron chi connectivity index (χ0n) is 64.1. The summed E-state index contributed by atoms with van der Waals surface area (Å²) in [5.74, 6) is -0.811. The summed E-state index contributed by atoms with van der Waals surface area (Å²) in [5, 5.41) is 0. The van der Waals surface area contributed by atoms with Crippen LogP contribution >= 0.6 is 7.82 Å². The summed E-state index contributed by atoms with van der Waals surface area (Å²) < 4.78 is 34.4. The summed E-state index contributed by atoms with van der Waals surface area (Å²) in [4.78, 5) is 38.2. The summed E-state index contributed by atoms with van der Waals surface area (Å²) in [5.41, 5.74) is 0. The van der Waals surface area contributed by atoms with E-state index in [1.165, 1.54) is 295 Å². The van der Waals surface area contributed by atoms with Crippen molar-refractivity contribution in [1.29, 1.82) is 0 Å². The van der Waals surface area contributed by atoms with Crippen molar-refractivity contribution in [3.05, 3.63) is 85.1 Å². The Kier molecular flexibility index (Phi) is 74.1. The first-order chi connectivity index (χ1) is 47.0. The largest absolute Gasteiger partial charge is 0.756 e. The van der Waals surface area contributed by atoms with Crippen LogP contribution in [0.1, 0.15) is 399 Å². The molecule has 0 saturated heterocycles. The molecule has 0 aromatic rings. The Morgan fingerprint density at radius 2 is 0.594 bits per heavy atom. The first kappa shape index (κ1) is 93.2. The fourth-order valence-electron chi connectivity index (χ4n) is 12.1. The molecule has 0 amide bonds. The zero-order chi connectivity index (χ0) is 69.7. The lowest BCUT2D eigenvalue weighted by Crippen LogP contribution is -2.37. The van der Waals surface area contributed by atoms with E-state index in [0.29, 0.717) is 17.4 Å². The van der Waals surface area contributed by atoms with Crippen LogP contribution in [-0.4, -0.2) is 70.0 Å². The third-order valence-corrected chi connectivity index (χ3v) is 19.4. The summed E-state index contributed by atoms with van der Waals surface area (Å²) in [7, 11) is 1.18. The van der Waals surface area contributed by atoms with E-state index in [0.717, 1.165) is 70.6 Å². The zero-order valence-corrected chi connectivity index (χ0v) is 65.0. The van der Waals surface area contributed by atoms with Crippen molar-refractivity contribution < 1.29 is 42.1 Å². The number of likely N-dealkylation sites (N-methyl/N-ethyl adjacent to an activating group) is 1. The van der Waals surface area contributed by atoms with Crippen molar-refractivity contribution in [2.45, 2.75) is 405 Å². The highest BCUT2D eigenvalue weighted by molar-refractivity contribution is 7.45. The molecule has 0 saturated carbocycles. The molecule has 560 valence electrons. The number of ether oxygens (including phenoxy) is 2. The van der Waals surface area contributed by atoms with E-state index < -0.39 is 26.5 Å². The second kappa shape index (κ2) is 76.4. The van der Waals surface area contributed by atoms with Crippen molar-refractivity contribution in [2.75, 3.05) is 47.5 Å². The first-order valence-electron chi connectivity index (χ1n) is 41.3. The number of carbonyl (C=O) groups excluding carboxylic acids is 2. The number of carbonyl (C=O) groups is 2. The van der Waals surface area contributed by atoms with Gasteiger partial charge in [-0.2, -0.15) is 0 Å². The first-order valence-corrected chi connectivity index (χ1v) is 42.8. The second-order valence-electron chi connectivity index (χ2n) is 29.1. The number of esters is 2. The van der Waals surface area contributed by atoms with Gasteiger partial charge in [0.1, 0.15) is 19.8 Å². The van der Waals surface area contributed by atoms with Gasteiger partial charge in [-0.25, -0.2) is 0 Å². The van der Waals surface area contributed by atoms with E-state index in [-0.39, 0.29) is 32.0 Å². The number of hydrogen-bond donors (Lipinski definition) is 0. The van der Waals surface area contributed by atoms with Gasteiger partial charge < -0.3 is 27.9 Å². The fourth-order valence-corrected chi connectivity index (χ4v) is 12.9. The van der Waals surface area contributed by atoms with Crippen molar-refractivity contribution in [3.8, 4) is 0 Å². The minimum absolute atomic E-state index is 0.0293. The van der Waals surface area contributed by atoms with Crippen molar-refractivity contribution >= 4 is 19.8 Å². The maximum absolute atomic E-state index is 12.9. The van der Waals surface area contributed by atoms with Gasteiger partial charge in [0.05, 0.1) is 27.7 Å². The monoisotopic (exact) mass is 1360 g/mol. The van der Waals surface area contributed by atoms with E-state index >= 15 is 0 Å². The van der Waals surface area contributed by atoms with Crippen LogP contribution in [-0.2, 0) is 32.7 Å². The summed E-state index contributed by atoms with van der Waals surface area (Å²) >= 11 is 0. The molecule has 10 heteroatoms. The van der Waals surface area contributed by atoms with E-state index in [9.17, 15) is 19.0 Å². The summed E-state index contributed by atoms with van der Waals surface area (Å²) in [6.45, 7) is 4.19. The number of unbranched alkanes of at least 4 members (excludes halogenated alkanes) is 49. The molecule has 0 heterocycles. The van der Waals surface area contributed by atoms with Gasteiger partial charge in [-0.3, -0.25) is 14.2 Å². The van der Waals surface area contributed by atoms with E-state index in [1.807, 2.05) is 21.1 Å². The Labute approximate surface area is 596 Å². The number of hydrogen-bond acceptors (Lipinski definition) is 8. The van der Waals surface area contributed by atoms with Crippen molar-refractivity contribution in [1.82, 2.24) is 0 Å². The van der Waals surface area contributed by atoms with Crippen LogP contribution in [0.5, 0.6) is 0 Å². The highest BCUT2D eigenvalue weighted by Gasteiger charge is 2.22. The molecule has 9 nitrogen and oxygen atoms in total. The lowest BCUT2D eigenvalue weighted by atomic mass is 10.0. The van der Waals surface area contributed by atoms with Crippen LogP contribution in [0.2, 0.25) is 0 Å². The molecule has 0 aliphatic heterocycles. The van der Waals surface area contributed by atoms with Crippen molar-refractivity contribution in [2.24, 2.45) is 0 Å². The average Bonchev–Trinajstić information content (AvgIpc) is 2.54. The van der Waals surface area contributed by atoms with Crippen LogP contribution in [0.3, 0.4) is 0 Å². The lowest BCUT2D eigenvalue weighted by Gasteiger charge is -2.28. The SMILES string of the molecule is CC/C=C\C/C=C\C/C=C\C/C=C\C/C=C\C/C=C\CCCCCCCCCCCCCCCCCCCCCCCCC(=O)OC(COC(=O)CCCCCCCCCCCCCCCCCCCCC/C=C\CCCCCCCCCC)COP(=O)([O-])OCC[N+](C)(C)C. The number of nitrogens with zero attached hydrogens (tertiary/aromatic N) is 1. The summed E-state index contributed by atoms with van der Waals surface area (Å²) in [6.07, 6.45) is 106. The Hall–Kier alpha value is -2.81. The number of phosphoric acid groups is 1. The highest BCUT2D eigenvalue weighted by Crippen LogP contribution is 2.38. The van der Waals surface area contributed by atoms with Gasteiger partial charge in [-0.15, -0.1) is 0 Å². The van der Waals surface area contributed by atoms with Gasteiger partial charge in [-0.1, -0.05) is 381 Å². The number of rotatable bonds is 77. The Morgan fingerprint density at radius 3 is 0.896 bits per heavy atom. The van der Waals surface area contributed by atoms with E-state index in [2.05, 4.69) is 98.9 Å². The minimum Gasteiger partial charge on any atom is -0.756 e. The molecule has 0 N–H and O–H groups in total. The Bertz CT molecular complexity index is 1900. The minimum atomic E-state index is -4.65. The second-order valence-corrected chi connectivity index (χ2v) is 30.5. The predicted octanol–water partition coefficient (Wildman–Crippen LogP) is 27.0. The Balaban J connectivity index is 3.90.